The summed E-state index contributed by atoms with van der Waals surface area (Å²) in [4.78, 5) is 18.8. The molecule has 2 amide bonds. The smallest absolute Gasteiger partial charge is 0.322 e. The molecule has 160 valence electrons. The summed E-state index contributed by atoms with van der Waals surface area (Å²) < 4.78 is 11.1. The Morgan fingerprint density at radius 2 is 1.97 bits per heavy atom. The van der Waals surface area contributed by atoms with Crippen molar-refractivity contribution in [2.24, 2.45) is 0 Å². The van der Waals surface area contributed by atoms with Gasteiger partial charge in [0.1, 0.15) is 18.1 Å². The minimum Gasteiger partial charge on any atom is -0.497 e. The number of hydrogen-bond acceptors (Lipinski definition) is 5. The molecule has 1 aromatic heterocycles. The number of ether oxygens (including phenoxy) is 2. The molecule has 31 heavy (non-hydrogen) atoms. The Labute approximate surface area is 182 Å². The second-order valence-electron chi connectivity index (χ2n) is 7.29. The summed E-state index contributed by atoms with van der Waals surface area (Å²) in [5.41, 5.74) is 2.87. The first-order chi connectivity index (χ1) is 15.2. The molecule has 1 saturated heterocycles. The van der Waals surface area contributed by atoms with Crippen LogP contribution in [0.15, 0.2) is 73.1 Å². The van der Waals surface area contributed by atoms with Gasteiger partial charge in [-0.2, -0.15) is 0 Å². The fourth-order valence-corrected chi connectivity index (χ4v) is 3.55. The number of anilines is 1. The topological polar surface area (TPSA) is 75.7 Å². The van der Waals surface area contributed by atoms with E-state index < -0.39 is 0 Å². The van der Waals surface area contributed by atoms with E-state index in [0.717, 1.165) is 29.1 Å². The van der Waals surface area contributed by atoms with Crippen molar-refractivity contribution in [3.8, 4) is 22.6 Å². The molecule has 0 spiro atoms. The van der Waals surface area contributed by atoms with Crippen LogP contribution < -0.4 is 20.1 Å². The van der Waals surface area contributed by atoms with Gasteiger partial charge < -0.3 is 25.0 Å². The van der Waals surface area contributed by atoms with E-state index in [9.17, 15) is 4.79 Å². The Kier molecular flexibility index (Phi) is 6.64. The lowest BCUT2D eigenvalue weighted by Crippen LogP contribution is -2.57. The number of piperazine rings is 1. The lowest BCUT2D eigenvalue weighted by Gasteiger charge is -2.35. The highest BCUT2D eigenvalue weighted by molar-refractivity contribution is 5.90. The highest BCUT2D eigenvalue weighted by Crippen LogP contribution is 2.25. The molecular formula is C24H26N4O3. The van der Waals surface area contributed by atoms with Crippen LogP contribution in [0.1, 0.15) is 0 Å². The summed E-state index contributed by atoms with van der Waals surface area (Å²) in [6.45, 7) is 2.46. The van der Waals surface area contributed by atoms with Gasteiger partial charge in [0.2, 0.25) is 0 Å². The second-order valence-corrected chi connectivity index (χ2v) is 7.29. The fraction of sp³-hybridized carbons (Fsp3) is 0.250. The van der Waals surface area contributed by atoms with Crippen LogP contribution >= 0.6 is 0 Å². The molecule has 1 fully saturated rings. The maximum absolute atomic E-state index is 12.9. The number of pyridine rings is 1. The minimum atomic E-state index is -0.129. The molecule has 7 nitrogen and oxygen atoms in total. The lowest BCUT2D eigenvalue weighted by atomic mass is 10.1. The van der Waals surface area contributed by atoms with Crippen molar-refractivity contribution < 1.29 is 14.3 Å². The Hall–Kier alpha value is -3.58. The third-order valence-corrected chi connectivity index (χ3v) is 5.23. The summed E-state index contributed by atoms with van der Waals surface area (Å²) in [5, 5.41) is 6.33. The molecule has 0 bridgehead atoms. The van der Waals surface area contributed by atoms with Gasteiger partial charge in [-0.25, -0.2) is 4.79 Å². The van der Waals surface area contributed by atoms with Crippen molar-refractivity contribution in [1.82, 2.24) is 15.2 Å². The van der Waals surface area contributed by atoms with Gasteiger partial charge in [0, 0.05) is 31.5 Å². The first-order valence-electron chi connectivity index (χ1n) is 10.3. The Morgan fingerprint density at radius 1 is 1.13 bits per heavy atom. The van der Waals surface area contributed by atoms with Gasteiger partial charge in [0.05, 0.1) is 19.3 Å². The molecule has 4 rings (SSSR count). The number of benzene rings is 2. The van der Waals surface area contributed by atoms with Gasteiger partial charge in [0.15, 0.2) is 0 Å². The number of carbonyl (C=O) groups is 1. The quantitative estimate of drug-likeness (QED) is 0.639. The Balaban J connectivity index is 1.38. The molecule has 0 saturated carbocycles. The van der Waals surface area contributed by atoms with Crippen molar-refractivity contribution in [3.05, 3.63) is 73.1 Å². The van der Waals surface area contributed by atoms with Gasteiger partial charge in [-0.3, -0.25) is 4.98 Å². The normalized spacial score (nSPS) is 15.9. The number of aromatic nitrogens is 1. The molecule has 3 aromatic rings. The van der Waals surface area contributed by atoms with E-state index in [1.807, 2.05) is 65.6 Å². The number of nitrogens with zero attached hydrogens (tertiary/aromatic N) is 2. The predicted molar refractivity (Wildman–Crippen MR) is 121 cm³/mol. The zero-order chi connectivity index (χ0) is 21.5. The summed E-state index contributed by atoms with van der Waals surface area (Å²) in [6, 6.07) is 19.2. The first-order valence-corrected chi connectivity index (χ1v) is 10.3. The van der Waals surface area contributed by atoms with Crippen LogP contribution in [0.2, 0.25) is 0 Å². The predicted octanol–water partition coefficient (Wildman–Crippen LogP) is 3.64. The molecule has 1 aliphatic heterocycles. The van der Waals surface area contributed by atoms with Crippen molar-refractivity contribution in [1.29, 1.82) is 0 Å². The van der Waals surface area contributed by atoms with Gasteiger partial charge >= 0.3 is 6.03 Å². The SMILES string of the molecule is COc1cccc(-c2ccc(NC(=O)N3CCNCC3COc3cccnc3)cc2)c1. The van der Waals surface area contributed by atoms with Crippen LogP contribution in [0.25, 0.3) is 11.1 Å². The number of urea groups is 1. The van der Waals surface area contributed by atoms with Gasteiger partial charge in [-0.05, 0) is 47.5 Å². The maximum atomic E-state index is 12.9. The molecule has 0 aliphatic carbocycles. The van der Waals surface area contributed by atoms with Gasteiger partial charge in [-0.1, -0.05) is 24.3 Å². The highest BCUT2D eigenvalue weighted by Gasteiger charge is 2.27. The van der Waals surface area contributed by atoms with E-state index in [4.69, 9.17) is 9.47 Å². The average molecular weight is 418 g/mol. The van der Waals surface area contributed by atoms with Crippen molar-refractivity contribution in [3.63, 3.8) is 0 Å². The first kappa shape index (κ1) is 20.7. The zero-order valence-corrected chi connectivity index (χ0v) is 17.5. The van der Waals surface area contributed by atoms with Crippen molar-refractivity contribution in [2.75, 3.05) is 38.7 Å². The molecule has 7 heteroatoms. The molecule has 2 aromatic carbocycles. The number of hydrogen-bond donors (Lipinski definition) is 2. The van der Waals surface area contributed by atoms with Crippen LogP contribution in [0.4, 0.5) is 10.5 Å². The standard InChI is InChI=1S/C24H26N4O3/c1-30-22-5-2-4-19(14-22)18-7-9-20(10-8-18)27-24(29)28-13-12-26-15-21(28)17-31-23-6-3-11-25-16-23/h2-11,14,16,21,26H,12-13,15,17H2,1H3,(H,27,29). The van der Waals surface area contributed by atoms with E-state index in [1.165, 1.54) is 0 Å². The monoisotopic (exact) mass is 418 g/mol. The van der Waals surface area contributed by atoms with Crippen molar-refractivity contribution in [2.45, 2.75) is 6.04 Å². The van der Waals surface area contributed by atoms with E-state index in [-0.39, 0.29) is 12.1 Å². The number of carbonyl (C=O) groups excluding carboxylic acids is 1. The Morgan fingerprint density at radius 3 is 2.74 bits per heavy atom. The van der Waals surface area contributed by atoms with Crippen LogP contribution in [0.3, 0.4) is 0 Å². The van der Waals surface area contributed by atoms with Crippen LogP contribution in [0.5, 0.6) is 11.5 Å². The van der Waals surface area contributed by atoms with Crippen molar-refractivity contribution >= 4 is 11.7 Å². The minimum absolute atomic E-state index is 0.0648. The number of amides is 2. The maximum Gasteiger partial charge on any atom is 0.322 e. The second kappa shape index (κ2) is 9.95. The molecule has 2 N–H and O–H groups in total. The average Bonchev–Trinajstić information content (AvgIpc) is 2.84. The summed E-state index contributed by atoms with van der Waals surface area (Å²) >= 11 is 0. The van der Waals surface area contributed by atoms with Crippen LogP contribution in [0, 0.1) is 0 Å². The fourth-order valence-electron chi connectivity index (χ4n) is 3.55. The summed E-state index contributed by atoms with van der Waals surface area (Å²) in [5.74, 6) is 1.51. The molecule has 2 heterocycles. The number of methoxy groups -OCH3 is 1. The third-order valence-electron chi connectivity index (χ3n) is 5.23. The molecular weight excluding hydrogens is 392 g/mol. The summed E-state index contributed by atoms with van der Waals surface area (Å²) in [7, 11) is 1.66. The Bertz CT molecular complexity index is 995. The third kappa shape index (κ3) is 5.32. The van der Waals surface area contributed by atoms with Crippen LogP contribution in [-0.2, 0) is 0 Å². The number of rotatable bonds is 6. The van der Waals surface area contributed by atoms with E-state index >= 15 is 0 Å². The lowest BCUT2D eigenvalue weighted by molar-refractivity contribution is 0.133. The largest absolute Gasteiger partial charge is 0.497 e. The highest BCUT2D eigenvalue weighted by atomic mass is 16.5. The summed E-state index contributed by atoms with van der Waals surface area (Å²) in [6.07, 6.45) is 3.37. The van der Waals surface area contributed by atoms with E-state index in [0.29, 0.717) is 25.4 Å². The van der Waals surface area contributed by atoms with E-state index in [1.54, 1.807) is 19.5 Å². The number of nitrogens with one attached hydrogen (secondary N) is 2. The molecule has 1 aliphatic rings. The zero-order valence-electron chi connectivity index (χ0n) is 17.5. The molecule has 0 radical (unpaired) electrons. The molecule has 1 atom stereocenters. The van der Waals surface area contributed by atoms with Gasteiger partial charge in [0.25, 0.3) is 0 Å². The van der Waals surface area contributed by atoms with Crippen LogP contribution in [-0.4, -0.2) is 55.3 Å². The van der Waals surface area contributed by atoms with E-state index in [2.05, 4.69) is 15.6 Å². The molecule has 1 unspecified atom stereocenters. The van der Waals surface area contributed by atoms with Gasteiger partial charge in [-0.15, -0.1) is 0 Å².